The second-order valence-corrected chi connectivity index (χ2v) is 5.94. The summed E-state index contributed by atoms with van der Waals surface area (Å²) in [4.78, 5) is 12.2. The lowest BCUT2D eigenvalue weighted by molar-refractivity contribution is -0.117. The first kappa shape index (κ1) is 17.8. The Morgan fingerprint density at radius 2 is 1.88 bits per heavy atom. The van der Waals surface area contributed by atoms with Crippen LogP contribution in [0.4, 0.5) is 0 Å². The average molecular weight is 323 g/mol. The Hall–Kier alpha value is -2.55. The Morgan fingerprint density at radius 1 is 1.17 bits per heavy atom. The van der Waals surface area contributed by atoms with E-state index in [1.807, 2.05) is 56.3 Å². The minimum absolute atomic E-state index is 0.00947. The molecular formula is C21H25NO2. The molecule has 126 valence electrons. The van der Waals surface area contributed by atoms with Gasteiger partial charge in [0.05, 0.1) is 13.2 Å². The summed E-state index contributed by atoms with van der Waals surface area (Å²) in [5, 5.41) is 3.06. The van der Waals surface area contributed by atoms with Crippen LogP contribution < -0.4 is 10.1 Å². The van der Waals surface area contributed by atoms with Crippen LogP contribution in [0.15, 0.2) is 48.5 Å². The van der Waals surface area contributed by atoms with Crippen molar-refractivity contribution in [2.75, 3.05) is 7.11 Å². The highest BCUT2D eigenvalue weighted by Gasteiger charge is 2.12. The molecule has 0 aliphatic carbocycles. The van der Waals surface area contributed by atoms with Gasteiger partial charge in [-0.05, 0) is 49.1 Å². The average Bonchev–Trinajstić information content (AvgIpc) is 2.59. The van der Waals surface area contributed by atoms with Crippen molar-refractivity contribution >= 4 is 12.0 Å². The summed E-state index contributed by atoms with van der Waals surface area (Å²) >= 11 is 0. The molecular weight excluding hydrogens is 298 g/mol. The molecule has 1 N–H and O–H groups in total. The lowest BCUT2D eigenvalue weighted by Crippen LogP contribution is -2.26. The van der Waals surface area contributed by atoms with Crippen LogP contribution in [0.1, 0.15) is 41.6 Å². The molecule has 0 spiro atoms. The van der Waals surface area contributed by atoms with Crippen molar-refractivity contribution in [3.63, 3.8) is 0 Å². The number of carbonyl (C=O) groups is 1. The largest absolute Gasteiger partial charge is 0.496 e. The molecule has 1 atom stereocenters. The normalized spacial score (nSPS) is 12.2. The van der Waals surface area contributed by atoms with E-state index in [1.165, 1.54) is 5.56 Å². The zero-order valence-electron chi connectivity index (χ0n) is 14.8. The van der Waals surface area contributed by atoms with E-state index in [1.54, 1.807) is 13.2 Å². The van der Waals surface area contributed by atoms with Gasteiger partial charge in [0.15, 0.2) is 0 Å². The van der Waals surface area contributed by atoms with Gasteiger partial charge in [0.25, 0.3) is 0 Å². The van der Waals surface area contributed by atoms with Gasteiger partial charge in [0, 0.05) is 6.08 Å². The fraction of sp³-hybridized carbons (Fsp3) is 0.286. The van der Waals surface area contributed by atoms with E-state index in [2.05, 4.69) is 18.3 Å². The molecule has 3 nitrogen and oxygen atoms in total. The molecule has 0 fully saturated rings. The van der Waals surface area contributed by atoms with E-state index in [0.29, 0.717) is 0 Å². The van der Waals surface area contributed by atoms with E-state index >= 15 is 0 Å². The van der Waals surface area contributed by atoms with Crippen LogP contribution in [0.25, 0.3) is 6.08 Å². The van der Waals surface area contributed by atoms with Gasteiger partial charge in [-0.3, -0.25) is 4.79 Å². The third-order valence-corrected chi connectivity index (χ3v) is 4.05. The summed E-state index contributed by atoms with van der Waals surface area (Å²) in [7, 11) is 1.66. The molecule has 0 saturated heterocycles. The van der Waals surface area contributed by atoms with Gasteiger partial charge < -0.3 is 10.1 Å². The van der Waals surface area contributed by atoms with Gasteiger partial charge in [-0.1, -0.05) is 48.9 Å². The molecule has 0 heterocycles. The number of carbonyl (C=O) groups excluding carboxylic acids is 1. The van der Waals surface area contributed by atoms with Gasteiger partial charge in [-0.2, -0.15) is 0 Å². The lowest BCUT2D eigenvalue weighted by atomic mass is 10.0. The Balaban J connectivity index is 2.05. The SMILES string of the molecule is CC[C@H](NC(=O)/C=C/c1ccc(C)cc1)c1ccc(OC)c(C)c1. The number of amides is 1. The van der Waals surface area contributed by atoms with Crippen molar-refractivity contribution in [3.05, 3.63) is 70.8 Å². The van der Waals surface area contributed by atoms with Crippen LogP contribution in [-0.4, -0.2) is 13.0 Å². The number of hydrogen-bond acceptors (Lipinski definition) is 2. The van der Waals surface area contributed by atoms with Gasteiger partial charge in [0.1, 0.15) is 5.75 Å². The topological polar surface area (TPSA) is 38.3 Å². The predicted molar refractivity (Wildman–Crippen MR) is 99.1 cm³/mol. The predicted octanol–water partition coefficient (Wildman–Crippen LogP) is 4.59. The van der Waals surface area contributed by atoms with Crippen molar-refractivity contribution in [2.45, 2.75) is 33.2 Å². The van der Waals surface area contributed by atoms with E-state index in [4.69, 9.17) is 4.74 Å². The van der Waals surface area contributed by atoms with Crippen molar-refractivity contribution in [1.29, 1.82) is 0 Å². The van der Waals surface area contributed by atoms with Gasteiger partial charge in [-0.25, -0.2) is 0 Å². The molecule has 0 unspecified atom stereocenters. The molecule has 1 amide bonds. The summed E-state index contributed by atoms with van der Waals surface area (Å²) in [5.41, 5.74) is 4.38. The van der Waals surface area contributed by atoms with Crippen LogP contribution in [0, 0.1) is 13.8 Å². The number of ether oxygens (including phenoxy) is 1. The number of benzene rings is 2. The molecule has 0 bridgehead atoms. The van der Waals surface area contributed by atoms with Crippen molar-refractivity contribution in [3.8, 4) is 5.75 Å². The number of nitrogens with one attached hydrogen (secondary N) is 1. The summed E-state index contributed by atoms with van der Waals surface area (Å²) in [6.45, 7) is 6.12. The third-order valence-electron chi connectivity index (χ3n) is 4.05. The Labute approximate surface area is 144 Å². The first-order chi connectivity index (χ1) is 11.5. The molecule has 24 heavy (non-hydrogen) atoms. The number of aryl methyl sites for hydroxylation is 2. The molecule has 2 aromatic carbocycles. The maximum atomic E-state index is 12.2. The van der Waals surface area contributed by atoms with Crippen molar-refractivity contribution in [2.24, 2.45) is 0 Å². The standard InChI is InChI=1S/C21H25NO2/c1-5-19(18-11-12-20(24-4)16(3)14-18)22-21(23)13-10-17-8-6-15(2)7-9-17/h6-14,19H,5H2,1-4H3,(H,22,23)/b13-10+/t19-/m0/s1. The second kappa shape index (κ2) is 8.34. The van der Waals surface area contributed by atoms with Crippen LogP contribution in [-0.2, 0) is 4.79 Å². The first-order valence-corrected chi connectivity index (χ1v) is 8.23. The first-order valence-electron chi connectivity index (χ1n) is 8.23. The Kier molecular flexibility index (Phi) is 6.19. The fourth-order valence-electron chi connectivity index (χ4n) is 2.61. The third kappa shape index (κ3) is 4.72. The highest BCUT2D eigenvalue weighted by atomic mass is 16.5. The number of rotatable bonds is 6. The Bertz CT molecular complexity index is 717. The van der Waals surface area contributed by atoms with Crippen molar-refractivity contribution < 1.29 is 9.53 Å². The molecule has 3 heteroatoms. The summed E-state index contributed by atoms with van der Waals surface area (Å²) in [6, 6.07) is 14.1. The van der Waals surface area contributed by atoms with E-state index in [0.717, 1.165) is 28.9 Å². The zero-order valence-corrected chi connectivity index (χ0v) is 14.8. The smallest absolute Gasteiger partial charge is 0.244 e. The molecule has 0 aliphatic heterocycles. The molecule has 0 radical (unpaired) electrons. The summed E-state index contributed by atoms with van der Waals surface area (Å²) < 4.78 is 5.29. The van der Waals surface area contributed by atoms with Crippen LogP contribution in [0.5, 0.6) is 5.75 Å². The van der Waals surface area contributed by atoms with E-state index in [9.17, 15) is 4.79 Å². The Morgan fingerprint density at radius 3 is 2.46 bits per heavy atom. The zero-order chi connectivity index (χ0) is 17.5. The molecule has 0 saturated carbocycles. The second-order valence-electron chi connectivity index (χ2n) is 5.94. The molecule has 2 rings (SSSR count). The maximum absolute atomic E-state index is 12.2. The molecule has 0 aromatic heterocycles. The lowest BCUT2D eigenvalue weighted by Gasteiger charge is -2.18. The van der Waals surface area contributed by atoms with Gasteiger partial charge >= 0.3 is 0 Å². The highest BCUT2D eigenvalue weighted by Crippen LogP contribution is 2.24. The van der Waals surface area contributed by atoms with Crippen LogP contribution in [0.2, 0.25) is 0 Å². The van der Waals surface area contributed by atoms with Gasteiger partial charge in [0.2, 0.25) is 5.91 Å². The monoisotopic (exact) mass is 323 g/mol. The van der Waals surface area contributed by atoms with Crippen molar-refractivity contribution in [1.82, 2.24) is 5.32 Å². The summed E-state index contributed by atoms with van der Waals surface area (Å²) in [5.74, 6) is 0.773. The minimum Gasteiger partial charge on any atom is -0.496 e. The van der Waals surface area contributed by atoms with E-state index < -0.39 is 0 Å². The van der Waals surface area contributed by atoms with Gasteiger partial charge in [-0.15, -0.1) is 0 Å². The minimum atomic E-state index is -0.0871. The van der Waals surface area contributed by atoms with E-state index in [-0.39, 0.29) is 11.9 Å². The van der Waals surface area contributed by atoms with Crippen LogP contribution in [0.3, 0.4) is 0 Å². The number of hydrogen-bond donors (Lipinski definition) is 1. The maximum Gasteiger partial charge on any atom is 0.244 e. The summed E-state index contributed by atoms with van der Waals surface area (Å²) in [6.07, 6.45) is 4.25. The highest BCUT2D eigenvalue weighted by molar-refractivity contribution is 5.92. The molecule has 2 aromatic rings. The quantitative estimate of drug-likeness (QED) is 0.789. The van der Waals surface area contributed by atoms with Crippen LogP contribution >= 0.6 is 0 Å². The number of methoxy groups -OCH3 is 1. The fourth-order valence-corrected chi connectivity index (χ4v) is 2.61. The molecule has 0 aliphatic rings.